The van der Waals surface area contributed by atoms with Crippen molar-refractivity contribution in [2.45, 2.75) is 71.7 Å². The van der Waals surface area contributed by atoms with Crippen LogP contribution in [0.25, 0.3) is 0 Å². The highest BCUT2D eigenvalue weighted by Gasteiger charge is 2.53. The van der Waals surface area contributed by atoms with E-state index >= 15 is 0 Å². The van der Waals surface area contributed by atoms with Gasteiger partial charge < -0.3 is 14.0 Å². The van der Waals surface area contributed by atoms with E-state index in [0.717, 1.165) is 19.1 Å². The second kappa shape index (κ2) is 6.66. The molecule has 126 valence electrons. The monoisotopic (exact) mass is 318 g/mol. The van der Waals surface area contributed by atoms with Crippen LogP contribution in [0.3, 0.4) is 0 Å². The second-order valence-corrected chi connectivity index (χ2v) is 7.02. The maximum Gasteiger partial charge on any atom is 0.499 e. The predicted octanol–water partition coefficient (Wildman–Crippen LogP) is 3.37. The minimum atomic E-state index is -0.606. The first-order valence-electron chi connectivity index (χ1n) is 8.36. The molecule has 5 heteroatoms. The molecule has 1 aromatic rings. The number of carbonyl (C=O) groups is 1. The van der Waals surface area contributed by atoms with Crippen molar-refractivity contribution in [2.24, 2.45) is 0 Å². The van der Waals surface area contributed by atoms with Crippen molar-refractivity contribution in [3.05, 3.63) is 23.8 Å². The Morgan fingerprint density at radius 3 is 2.17 bits per heavy atom. The van der Waals surface area contributed by atoms with Gasteiger partial charge in [-0.05, 0) is 46.6 Å². The van der Waals surface area contributed by atoms with E-state index in [4.69, 9.17) is 14.0 Å². The van der Waals surface area contributed by atoms with Crippen LogP contribution >= 0.6 is 0 Å². The van der Waals surface area contributed by atoms with E-state index in [1.807, 2.05) is 39.8 Å². The molecule has 0 bridgehead atoms. The van der Waals surface area contributed by atoms with Gasteiger partial charge in [-0.25, -0.2) is 0 Å². The molecule has 23 heavy (non-hydrogen) atoms. The van der Waals surface area contributed by atoms with Crippen molar-refractivity contribution in [3.8, 4) is 5.75 Å². The van der Waals surface area contributed by atoms with Crippen LogP contribution in [0, 0.1) is 0 Å². The van der Waals surface area contributed by atoms with Crippen LogP contribution in [0.2, 0.25) is 0 Å². The molecule has 1 heterocycles. The van der Waals surface area contributed by atoms with Crippen molar-refractivity contribution >= 4 is 18.9 Å². The minimum absolute atomic E-state index is 0.109. The first-order chi connectivity index (χ1) is 10.8. The quantitative estimate of drug-likeness (QED) is 0.596. The van der Waals surface area contributed by atoms with Crippen LogP contribution in [0.4, 0.5) is 0 Å². The van der Waals surface area contributed by atoms with E-state index in [9.17, 15) is 4.79 Å². The molecule has 0 spiro atoms. The Bertz CT molecular complexity index is 548. The zero-order valence-electron chi connectivity index (χ0n) is 15.0. The first kappa shape index (κ1) is 18.0. The lowest BCUT2D eigenvalue weighted by molar-refractivity contribution is 0.00578. The summed E-state index contributed by atoms with van der Waals surface area (Å²) in [6.07, 6.45) is 2.76. The number of carbonyl (C=O) groups excluding carboxylic acids is 1. The maximum absolute atomic E-state index is 11.5. The lowest BCUT2D eigenvalue weighted by Crippen LogP contribution is -2.41. The average Bonchev–Trinajstić information content (AvgIpc) is 2.72. The zero-order chi connectivity index (χ0) is 17.3. The fourth-order valence-electron chi connectivity index (χ4n) is 2.61. The molecule has 1 aliphatic rings. The van der Waals surface area contributed by atoms with Crippen molar-refractivity contribution < 1.29 is 18.8 Å². The van der Waals surface area contributed by atoms with Gasteiger partial charge >= 0.3 is 7.12 Å². The summed E-state index contributed by atoms with van der Waals surface area (Å²) in [6, 6.07) is 5.48. The summed E-state index contributed by atoms with van der Waals surface area (Å²) in [4.78, 5) is 11.5. The number of aldehydes is 1. The van der Waals surface area contributed by atoms with E-state index < -0.39 is 18.3 Å². The molecule has 1 saturated heterocycles. The smallest absolute Gasteiger partial charge is 0.491 e. The summed E-state index contributed by atoms with van der Waals surface area (Å²) in [6.45, 7) is 12.2. The summed E-state index contributed by atoms with van der Waals surface area (Å²) in [7, 11) is -0.606. The van der Waals surface area contributed by atoms with Gasteiger partial charge in [-0.3, -0.25) is 4.79 Å². The second-order valence-electron chi connectivity index (χ2n) is 7.02. The summed E-state index contributed by atoms with van der Waals surface area (Å²) in [5.74, 6) is 0.668. The topological polar surface area (TPSA) is 44.8 Å². The largest absolute Gasteiger partial charge is 0.499 e. The van der Waals surface area contributed by atoms with Crippen molar-refractivity contribution in [2.75, 3.05) is 0 Å². The van der Waals surface area contributed by atoms with Crippen LogP contribution in [0.5, 0.6) is 5.75 Å². The van der Waals surface area contributed by atoms with E-state index in [2.05, 4.69) is 13.8 Å². The van der Waals surface area contributed by atoms with Crippen molar-refractivity contribution in [1.29, 1.82) is 0 Å². The van der Waals surface area contributed by atoms with Crippen LogP contribution in [0.1, 0.15) is 64.7 Å². The van der Waals surface area contributed by atoms with Gasteiger partial charge in [0.1, 0.15) is 12.0 Å². The van der Waals surface area contributed by atoms with Crippen LogP contribution < -0.4 is 10.2 Å². The first-order valence-corrected chi connectivity index (χ1v) is 8.36. The molecule has 0 saturated carbocycles. The normalized spacial score (nSPS) is 19.2. The zero-order valence-corrected chi connectivity index (χ0v) is 15.0. The van der Waals surface area contributed by atoms with Crippen LogP contribution in [-0.4, -0.2) is 30.7 Å². The number of rotatable bonds is 6. The number of hydrogen-bond donors (Lipinski definition) is 0. The number of ether oxygens (including phenoxy) is 1. The molecule has 0 amide bonds. The lowest BCUT2D eigenvalue weighted by atomic mass is 9.75. The minimum Gasteiger partial charge on any atom is -0.491 e. The molecule has 0 N–H and O–H groups in total. The summed E-state index contributed by atoms with van der Waals surface area (Å²) >= 11 is 0. The van der Waals surface area contributed by atoms with Gasteiger partial charge in [0, 0.05) is 11.0 Å². The average molecular weight is 318 g/mol. The fraction of sp³-hybridized carbons (Fsp3) is 0.611. The third kappa shape index (κ3) is 3.46. The Balaban J connectivity index is 2.43. The lowest BCUT2D eigenvalue weighted by Gasteiger charge is -2.32. The molecule has 2 rings (SSSR count). The molecule has 0 radical (unpaired) electrons. The Morgan fingerprint density at radius 2 is 1.70 bits per heavy atom. The molecule has 0 atom stereocenters. The Hall–Kier alpha value is -1.33. The third-order valence-corrected chi connectivity index (χ3v) is 4.92. The highest BCUT2D eigenvalue weighted by Crippen LogP contribution is 2.37. The van der Waals surface area contributed by atoms with E-state index in [1.54, 1.807) is 6.07 Å². The van der Waals surface area contributed by atoms with Gasteiger partial charge in [-0.1, -0.05) is 26.0 Å². The highest BCUT2D eigenvalue weighted by molar-refractivity contribution is 6.64. The molecule has 0 unspecified atom stereocenters. The predicted molar refractivity (Wildman–Crippen MR) is 92.5 cm³/mol. The Labute approximate surface area is 139 Å². The van der Waals surface area contributed by atoms with Crippen LogP contribution in [0.15, 0.2) is 18.2 Å². The summed E-state index contributed by atoms with van der Waals surface area (Å²) < 4.78 is 18.4. The van der Waals surface area contributed by atoms with Gasteiger partial charge in [-0.2, -0.15) is 0 Å². The van der Waals surface area contributed by atoms with Crippen molar-refractivity contribution in [1.82, 2.24) is 0 Å². The molecule has 1 aromatic carbocycles. The fourth-order valence-corrected chi connectivity index (χ4v) is 2.61. The standard InChI is InChI=1S/C18H27BO4/c1-7-14(8-2)21-15-11-9-10-13(12-20)16(15)19-22-17(3,4)18(5,6)23-19/h9-12,14H,7-8H2,1-6H3. The molecule has 0 aliphatic carbocycles. The molecular formula is C18H27BO4. The molecule has 1 fully saturated rings. The van der Waals surface area contributed by atoms with Gasteiger partial charge in [0.15, 0.2) is 0 Å². The van der Waals surface area contributed by atoms with Gasteiger partial charge in [0.05, 0.1) is 17.3 Å². The Kier molecular flexibility index (Phi) is 5.22. The molecule has 1 aliphatic heterocycles. The molecule has 4 nitrogen and oxygen atoms in total. The van der Waals surface area contributed by atoms with E-state index in [-0.39, 0.29) is 6.10 Å². The SMILES string of the molecule is CCC(CC)Oc1cccc(C=O)c1B1OC(C)(C)C(C)(C)O1. The maximum atomic E-state index is 11.5. The van der Waals surface area contributed by atoms with Gasteiger partial charge in [-0.15, -0.1) is 0 Å². The number of benzene rings is 1. The van der Waals surface area contributed by atoms with Gasteiger partial charge in [0.25, 0.3) is 0 Å². The number of hydrogen-bond acceptors (Lipinski definition) is 4. The molecule has 0 aromatic heterocycles. The van der Waals surface area contributed by atoms with Gasteiger partial charge in [0.2, 0.25) is 0 Å². The molecular weight excluding hydrogens is 291 g/mol. The summed E-state index contributed by atoms with van der Waals surface area (Å²) in [5, 5.41) is 0. The van der Waals surface area contributed by atoms with E-state index in [0.29, 0.717) is 16.8 Å². The highest BCUT2D eigenvalue weighted by atomic mass is 16.7. The third-order valence-electron chi connectivity index (χ3n) is 4.92. The van der Waals surface area contributed by atoms with Crippen molar-refractivity contribution in [3.63, 3.8) is 0 Å². The Morgan fingerprint density at radius 1 is 1.13 bits per heavy atom. The van der Waals surface area contributed by atoms with E-state index in [1.165, 1.54) is 0 Å². The van der Waals surface area contributed by atoms with Crippen LogP contribution in [-0.2, 0) is 9.31 Å². The summed E-state index contributed by atoms with van der Waals surface area (Å²) in [5.41, 5.74) is 0.319.